The summed E-state index contributed by atoms with van der Waals surface area (Å²) in [5.74, 6) is 1.21. The molecule has 1 rings (SSSR count). The number of methoxy groups -OCH3 is 1. The van der Waals surface area contributed by atoms with Crippen LogP contribution in [0.15, 0.2) is 18.3 Å². The van der Waals surface area contributed by atoms with Gasteiger partial charge in [0.1, 0.15) is 0 Å². The smallest absolute Gasteiger partial charge is 0.217 e. The monoisotopic (exact) mass is 238 g/mol. The summed E-state index contributed by atoms with van der Waals surface area (Å²) in [5.41, 5.74) is 1.01. The predicted octanol–water partition coefficient (Wildman–Crippen LogP) is 1.59. The van der Waals surface area contributed by atoms with Crippen LogP contribution in [-0.4, -0.2) is 29.8 Å². The van der Waals surface area contributed by atoms with E-state index in [0.29, 0.717) is 18.3 Å². The number of ether oxygens (including phenoxy) is 1. The number of rotatable bonds is 7. The highest BCUT2D eigenvalue weighted by atomic mass is 16.5. The third-order valence-corrected chi connectivity index (χ3v) is 2.60. The van der Waals surface area contributed by atoms with Crippen LogP contribution >= 0.6 is 0 Å². The Morgan fingerprint density at radius 2 is 2.24 bits per heavy atom. The summed E-state index contributed by atoms with van der Waals surface area (Å²) in [6, 6.07) is 3.98. The first kappa shape index (κ1) is 13.9. The lowest BCUT2D eigenvalue weighted by molar-refractivity contribution is 0.223. The summed E-state index contributed by atoms with van der Waals surface area (Å²) in [5, 5.41) is 12.6. The Hall–Kier alpha value is -1.13. The number of nitrogens with zero attached hydrogens (tertiary/aromatic N) is 1. The summed E-state index contributed by atoms with van der Waals surface area (Å²) in [6.45, 7) is 5.11. The molecule has 1 aromatic heterocycles. The van der Waals surface area contributed by atoms with Gasteiger partial charge in [-0.05, 0) is 18.4 Å². The Bertz CT molecular complexity index is 329. The molecule has 96 valence electrons. The molecule has 1 atom stereocenters. The highest BCUT2D eigenvalue weighted by Crippen LogP contribution is 2.14. The van der Waals surface area contributed by atoms with Gasteiger partial charge in [0.2, 0.25) is 5.88 Å². The fraction of sp³-hybridized carbons (Fsp3) is 0.615. The molecule has 2 N–H and O–H groups in total. The minimum atomic E-state index is 0.125. The van der Waals surface area contributed by atoms with Gasteiger partial charge in [0.15, 0.2) is 0 Å². The highest BCUT2D eigenvalue weighted by Gasteiger charge is 2.10. The van der Waals surface area contributed by atoms with E-state index in [1.807, 2.05) is 12.1 Å². The van der Waals surface area contributed by atoms with Crippen molar-refractivity contribution in [3.8, 4) is 5.88 Å². The number of hydrogen-bond donors (Lipinski definition) is 2. The van der Waals surface area contributed by atoms with Crippen LogP contribution in [0.4, 0.5) is 0 Å². The molecule has 0 aromatic carbocycles. The van der Waals surface area contributed by atoms with Gasteiger partial charge in [0.05, 0.1) is 13.7 Å². The molecule has 0 aliphatic heterocycles. The molecule has 0 saturated carbocycles. The first-order valence-corrected chi connectivity index (χ1v) is 5.99. The number of nitrogens with one attached hydrogen (secondary N) is 1. The molecule has 0 aliphatic rings. The fourth-order valence-electron chi connectivity index (χ4n) is 1.79. The van der Waals surface area contributed by atoms with Crippen LogP contribution in [0.3, 0.4) is 0 Å². The van der Waals surface area contributed by atoms with Crippen LogP contribution in [0.25, 0.3) is 0 Å². The van der Waals surface area contributed by atoms with Crippen LogP contribution in [-0.2, 0) is 6.54 Å². The van der Waals surface area contributed by atoms with Gasteiger partial charge in [-0.15, -0.1) is 0 Å². The van der Waals surface area contributed by atoms with E-state index in [-0.39, 0.29) is 12.6 Å². The zero-order valence-electron chi connectivity index (χ0n) is 10.8. The van der Waals surface area contributed by atoms with Crippen molar-refractivity contribution >= 4 is 0 Å². The van der Waals surface area contributed by atoms with Gasteiger partial charge < -0.3 is 15.2 Å². The number of aromatic nitrogens is 1. The third-order valence-electron chi connectivity index (χ3n) is 2.60. The lowest BCUT2D eigenvalue weighted by atomic mass is 10.0. The van der Waals surface area contributed by atoms with E-state index in [4.69, 9.17) is 4.74 Å². The van der Waals surface area contributed by atoms with Gasteiger partial charge in [-0.25, -0.2) is 4.98 Å². The molecule has 1 aromatic rings. The van der Waals surface area contributed by atoms with Crippen LogP contribution < -0.4 is 10.1 Å². The van der Waals surface area contributed by atoms with Crippen molar-refractivity contribution in [3.63, 3.8) is 0 Å². The van der Waals surface area contributed by atoms with Crippen LogP contribution in [0, 0.1) is 5.92 Å². The predicted molar refractivity (Wildman–Crippen MR) is 68.0 cm³/mol. The van der Waals surface area contributed by atoms with Gasteiger partial charge >= 0.3 is 0 Å². The quantitative estimate of drug-likeness (QED) is 0.757. The van der Waals surface area contributed by atoms with Crippen LogP contribution in [0.5, 0.6) is 5.88 Å². The molecule has 0 amide bonds. The molecule has 0 saturated heterocycles. The maximum absolute atomic E-state index is 9.27. The summed E-state index contributed by atoms with van der Waals surface area (Å²) < 4.78 is 5.18. The summed E-state index contributed by atoms with van der Waals surface area (Å²) in [6.07, 6.45) is 2.67. The van der Waals surface area contributed by atoms with Crippen molar-refractivity contribution < 1.29 is 9.84 Å². The SMILES string of the molecule is COc1ncccc1CNC(CO)CC(C)C. The molecule has 0 spiro atoms. The Morgan fingerprint density at radius 1 is 1.47 bits per heavy atom. The number of hydrogen-bond acceptors (Lipinski definition) is 4. The maximum atomic E-state index is 9.27. The van der Waals surface area contributed by atoms with E-state index < -0.39 is 0 Å². The molecule has 0 aliphatic carbocycles. The molecule has 0 bridgehead atoms. The number of aliphatic hydroxyl groups is 1. The second kappa shape index (κ2) is 7.25. The second-order valence-corrected chi connectivity index (χ2v) is 4.56. The van der Waals surface area contributed by atoms with E-state index in [0.717, 1.165) is 12.0 Å². The van der Waals surface area contributed by atoms with Gasteiger partial charge in [0.25, 0.3) is 0 Å². The molecule has 4 heteroatoms. The average molecular weight is 238 g/mol. The molecule has 1 unspecified atom stereocenters. The first-order chi connectivity index (χ1) is 8.17. The molecular formula is C13H22N2O2. The van der Waals surface area contributed by atoms with E-state index >= 15 is 0 Å². The van der Waals surface area contributed by atoms with Crippen molar-refractivity contribution in [2.75, 3.05) is 13.7 Å². The molecule has 4 nitrogen and oxygen atoms in total. The van der Waals surface area contributed by atoms with E-state index in [1.54, 1.807) is 13.3 Å². The summed E-state index contributed by atoms with van der Waals surface area (Å²) >= 11 is 0. The third kappa shape index (κ3) is 4.71. The zero-order valence-corrected chi connectivity index (χ0v) is 10.8. The van der Waals surface area contributed by atoms with Crippen LogP contribution in [0.2, 0.25) is 0 Å². The van der Waals surface area contributed by atoms with Gasteiger partial charge in [-0.3, -0.25) is 0 Å². The molecule has 0 fully saturated rings. The Kier molecular flexibility index (Phi) is 5.94. The van der Waals surface area contributed by atoms with E-state index in [1.165, 1.54) is 0 Å². The van der Waals surface area contributed by atoms with Crippen molar-refractivity contribution in [1.29, 1.82) is 0 Å². The van der Waals surface area contributed by atoms with Crippen LogP contribution in [0.1, 0.15) is 25.8 Å². The van der Waals surface area contributed by atoms with E-state index in [2.05, 4.69) is 24.1 Å². The molecule has 17 heavy (non-hydrogen) atoms. The standard InChI is InChI=1S/C13H22N2O2/c1-10(2)7-12(9-16)15-8-11-5-4-6-14-13(11)17-3/h4-6,10,12,15-16H,7-9H2,1-3H3. The molecular weight excluding hydrogens is 216 g/mol. The first-order valence-electron chi connectivity index (χ1n) is 5.99. The molecule has 1 heterocycles. The van der Waals surface area contributed by atoms with Crippen molar-refractivity contribution in [2.24, 2.45) is 5.92 Å². The summed E-state index contributed by atoms with van der Waals surface area (Å²) in [4.78, 5) is 4.14. The van der Waals surface area contributed by atoms with Gasteiger partial charge in [-0.2, -0.15) is 0 Å². The lowest BCUT2D eigenvalue weighted by Gasteiger charge is -2.18. The Balaban J connectivity index is 2.53. The van der Waals surface area contributed by atoms with Crippen molar-refractivity contribution in [1.82, 2.24) is 10.3 Å². The zero-order chi connectivity index (χ0) is 12.7. The highest BCUT2D eigenvalue weighted by molar-refractivity contribution is 5.25. The topological polar surface area (TPSA) is 54.4 Å². The normalized spacial score (nSPS) is 12.8. The van der Waals surface area contributed by atoms with Gasteiger partial charge in [-0.1, -0.05) is 19.9 Å². The van der Waals surface area contributed by atoms with Crippen molar-refractivity contribution in [3.05, 3.63) is 23.9 Å². The maximum Gasteiger partial charge on any atom is 0.217 e. The Morgan fingerprint density at radius 3 is 2.82 bits per heavy atom. The number of aliphatic hydroxyl groups excluding tert-OH is 1. The fourth-order valence-corrected chi connectivity index (χ4v) is 1.79. The number of pyridine rings is 1. The second-order valence-electron chi connectivity index (χ2n) is 4.56. The van der Waals surface area contributed by atoms with Gasteiger partial charge in [0, 0.05) is 24.3 Å². The Labute approximate surface area is 103 Å². The minimum Gasteiger partial charge on any atom is -0.481 e. The largest absolute Gasteiger partial charge is 0.481 e. The summed E-state index contributed by atoms with van der Waals surface area (Å²) in [7, 11) is 1.61. The van der Waals surface area contributed by atoms with E-state index in [9.17, 15) is 5.11 Å². The average Bonchev–Trinajstić information content (AvgIpc) is 2.34. The van der Waals surface area contributed by atoms with Crippen molar-refractivity contribution in [2.45, 2.75) is 32.9 Å². The molecule has 0 radical (unpaired) electrons. The lowest BCUT2D eigenvalue weighted by Crippen LogP contribution is -2.33. The minimum absolute atomic E-state index is 0.125.